The minimum atomic E-state index is -0.389. The molecule has 44 heavy (non-hydrogen) atoms. The van der Waals surface area contributed by atoms with E-state index in [2.05, 4.69) is 20.9 Å². The molecule has 2 aromatic heterocycles. The smallest absolute Gasteiger partial charge is 0.226 e. The van der Waals surface area contributed by atoms with Gasteiger partial charge in [0, 0.05) is 30.8 Å². The number of anilines is 2. The Morgan fingerprint density at radius 2 is 1.86 bits per heavy atom. The number of nitrogens with zero attached hydrogens (tertiary/aromatic N) is 1. The third-order valence-electron chi connectivity index (χ3n) is 7.34. The van der Waals surface area contributed by atoms with E-state index >= 15 is 0 Å². The number of aryl methyl sites for hydroxylation is 1. The molecular weight excluding hydrogens is 601 g/mol. The minimum Gasteiger partial charge on any atom is -0.493 e. The number of nitrogens with one attached hydrogen (secondary N) is 3. The van der Waals surface area contributed by atoms with E-state index < -0.39 is 0 Å². The molecule has 1 unspecified atom stereocenters. The normalized spacial score (nSPS) is 13.6. The summed E-state index contributed by atoms with van der Waals surface area (Å²) in [6.07, 6.45) is 1.97. The van der Waals surface area contributed by atoms with Gasteiger partial charge in [0.05, 0.1) is 43.6 Å². The van der Waals surface area contributed by atoms with Gasteiger partial charge in [-0.3, -0.25) is 14.4 Å². The van der Waals surface area contributed by atoms with Gasteiger partial charge in [0.1, 0.15) is 0 Å². The first-order valence-corrected chi connectivity index (χ1v) is 15.9. The SMILES string of the molecule is COc1cc2c(c(OC)c1OC)-c1ccc(NCCCC(=O)Nc3nc(-c4cccs4)cs3)c(=O)cc1C(NC(C)=O)CC2. The fraction of sp³-hybridized carbons (Fsp3) is 0.312. The van der Waals surface area contributed by atoms with Crippen LogP contribution in [0, 0.1) is 0 Å². The van der Waals surface area contributed by atoms with Gasteiger partial charge in [0.2, 0.25) is 23.0 Å². The second kappa shape index (κ2) is 13.9. The van der Waals surface area contributed by atoms with Gasteiger partial charge in [-0.05, 0) is 65.6 Å². The molecule has 0 aliphatic heterocycles. The lowest BCUT2D eigenvalue weighted by Gasteiger charge is -2.19. The number of thiazole rings is 1. The van der Waals surface area contributed by atoms with Crippen LogP contribution in [-0.2, 0) is 16.0 Å². The highest BCUT2D eigenvalue weighted by atomic mass is 32.1. The molecule has 5 rings (SSSR count). The second-order valence-electron chi connectivity index (χ2n) is 10.2. The number of amides is 2. The van der Waals surface area contributed by atoms with E-state index in [9.17, 15) is 14.4 Å². The number of thiophene rings is 1. The van der Waals surface area contributed by atoms with Crippen LogP contribution >= 0.6 is 22.7 Å². The summed E-state index contributed by atoms with van der Waals surface area (Å²) in [6.45, 7) is 1.88. The maximum absolute atomic E-state index is 13.5. The molecular formula is C32H34N4O6S2. The Morgan fingerprint density at radius 1 is 1.05 bits per heavy atom. The first-order chi connectivity index (χ1) is 21.3. The van der Waals surface area contributed by atoms with Crippen molar-refractivity contribution < 1.29 is 23.8 Å². The molecule has 0 saturated heterocycles. The number of rotatable bonds is 11. The molecule has 4 aromatic rings. The molecule has 0 bridgehead atoms. The minimum absolute atomic E-state index is 0.141. The van der Waals surface area contributed by atoms with E-state index in [-0.39, 0.29) is 29.7 Å². The van der Waals surface area contributed by atoms with Gasteiger partial charge in [-0.1, -0.05) is 12.1 Å². The third kappa shape index (κ3) is 6.71. The summed E-state index contributed by atoms with van der Waals surface area (Å²) < 4.78 is 17.1. The van der Waals surface area contributed by atoms with E-state index in [0.29, 0.717) is 59.4 Å². The first-order valence-electron chi connectivity index (χ1n) is 14.1. The second-order valence-corrected chi connectivity index (χ2v) is 12.0. The summed E-state index contributed by atoms with van der Waals surface area (Å²) in [5.74, 6) is 1.15. The van der Waals surface area contributed by atoms with Crippen LogP contribution in [0.15, 0.2) is 52.0 Å². The summed E-state index contributed by atoms with van der Waals surface area (Å²) in [6, 6.07) is 10.7. The Kier molecular flexibility index (Phi) is 9.81. The Balaban J connectivity index is 1.36. The van der Waals surface area contributed by atoms with Crippen molar-refractivity contribution in [3.8, 4) is 38.9 Å². The first kappa shape index (κ1) is 31.0. The summed E-state index contributed by atoms with van der Waals surface area (Å²) in [4.78, 5) is 43.7. The zero-order valence-electron chi connectivity index (χ0n) is 24.9. The summed E-state index contributed by atoms with van der Waals surface area (Å²) in [5, 5.41) is 13.5. The molecule has 0 fully saturated rings. The molecule has 0 saturated carbocycles. The van der Waals surface area contributed by atoms with Gasteiger partial charge in [0.15, 0.2) is 16.6 Å². The van der Waals surface area contributed by atoms with Crippen LogP contribution in [-0.4, -0.2) is 44.7 Å². The zero-order valence-corrected chi connectivity index (χ0v) is 26.6. The molecule has 2 aromatic carbocycles. The van der Waals surface area contributed by atoms with E-state index in [1.165, 1.54) is 18.3 Å². The highest BCUT2D eigenvalue weighted by Gasteiger charge is 2.29. The number of hydrogen-bond donors (Lipinski definition) is 3. The highest BCUT2D eigenvalue weighted by molar-refractivity contribution is 7.16. The Bertz CT molecular complexity index is 1720. The molecule has 0 spiro atoms. The van der Waals surface area contributed by atoms with Crippen molar-refractivity contribution in [1.82, 2.24) is 10.3 Å². The number of methoxy groups -OCH3 is 3. The number of aromatic nitrogens is 1. The zero-order chi connectivity index (χ0) is 31.2. The molecule has 1 aliphatic carbocycles. The molecule has 10 nitrogen and oxygen atoms in total. The van der Waals surface area contributed by atoms with Gasteiger partial charge in [-0.2, -0.15) is 0 Å². The van der Waals surface area contributed by atoms with Gasteiger partial charge in [0.25, 0.3) is 0 Å². The molecule has 230 valence electrons. The lowest BCUT2D eigenvalue weighted by atomic mass is 9.95. The molecule has 2 amide bonds. The van der Waals surface area contributed by atoms with Crippen LogP contribution in [0.4, 0.5) is 10.8 Å². The van der Waals surface area contributed by atoms with Crippen molar-refractivity contribution >= 4 is 45.3 Å². The average molecular weight is 635 g/mol. The van der Waals surface area contributed by atoms with Crippen molar-refractivity contribution in [2.45, 2.75) is 38.6 Å². The van der Waals surface area contributed by atoms with E-state index in [4.69, 9.17) is 14.2 Å². The number of benzene rings is 1. The molecule has 1 atom stereocenters. The average Bonchev–Trinajstić information content (AvgIpc) is 3.65. The summed E-state index contributed by atoms with van der Waals surface area (Å²) in [5.41, 5.74) is 4.20. The van der Waals surface area contributed by atoms with Crippen LogP contribution in [0.5, 0.6) is 17.2 Å². The molecule has 0 radical (unpaired) electrons. The maximum Gasteiger partial charge on any atom is 0.226 e. The molecule has 2 heterocycles. The summed E-state index contributed by atoms with van der Waals surface area (Å²) >= 11 is 2.99. The van der Waals surface area contributed by atoms with Crippen LogP contribution in [0.3, 0.4) is 0 Å². The number of carbonyl (C=O) groups excluding carboxylic acids is 2. The summed E-state index contributed by atoms with van der Waals surface area (Å²) in [7, 11) is 4.68. The van der Waals surface area contributed by atoms with Gasteiger partial charge in [-0.15, -0.1) is 22.7 Å². The molecule has 12 heteroatoms. The highest BCUT2D eigenvalue weighted by Crippen LogP contribution is 2.50. The lowest BCUT2D eigenvalue weighted by Crippen LogP contribution is -2.26. The fourth-order valence-corrected chi connectivity index (χ4v) is 6.86. The number of carbonyl (C=O) groups is 2. The van der Waals surface area contributed by atoms with Crippen molar-refractivity contribution in [2.24, 2.45) is 0 Å². The van der Waals surface area contributed by atoms with E-state index in [1.54, 1.807) is 44.8 Å². The van der Waals surface area contributed by atoms with E-state index in [0.717, 1.165) is 27.3 Å². The van der Waals surface area contributed by atoms with Gasteiger partial charge >= 0.3 is 0 Å². The number of fused-ring (bicyclic) bond motifs is 3. The van der Waals surface area contributed by atoms with Gasteiger partial charge < -0.3 is 30.2 Å². The standard InChI is InChI=1S/C32H34N4O6S2/c1-18(37)34-22-11-9-19-15-26(40-2)30(41-3)31(42-4)29(19)20-10-12-23(25(38)16-21(20)22)33-13-5-8-28(39)36-32-35-24(17-44-32)27-7-6-14-43-27/h6-7,10,12,14-17,22H,5,8-9,11,13H2,1-4H3,(H,33,38)(H,34,37)(H,35,36,39). The van der Waals surface area contributed by atoms with Crippen molar-refractivity contribution in [2.75, 3.05) is 38.5 Å². The Labute approximate surface area is 263 Å². The lowest BCUT2D eigenvalue weighted by molar-refractivity contribution is -0.119. The predicted octanol–water partition coefficient (Wildman–Crippen LogP) is 5.88. The maximum atomic E-state index is 13.5. The van der Waals surface area contributed by atoms with Crippen LogP contribution in [0.1, 0.15) is 43.4 Å². The molecule has 1 aliphatic rings. The van der Waals surface area contributed by atoms with Crippen molar-refractivity contribution in [3.63, 3.8) is 0 Å². The van der Waals surface area contributed by atoms with Crippen molar-refractivity contribution in [1.29, 1.82) is 0 Å². The fourth-order valence-electron chi connectivity index (χ4n) is 5.38. The predicted molar refractivity (Wildman–Crippen MR) is 174 cm³/mol. The number of ether oxygens (including phenoxy) is 3. The molecule has 3 N–H and O–H groups in total. The largest absolute Gasteiger partial charge is 0.493 e. The quantitative estimate of drug-likeness (QED) is 0.175. The van der Waals surface area contributed by atoms with Crippen LogP contribution in [0.2, 0.25) is 0 Å². The van der Waals surface area contributed by atoms with Crippen molar-refractivity contribution in [3.05, 3.63) is 68.5 Å². The van der Waals surface area contributed by atoms with Crippen LogP contribution < -0.4 is 35.6 Å². The Hall–Kier alpha value is -4.42. The Morgan fingerprint density at radius 3 is 2.57 bits per heavy atom. The van der Waals surface area contributed by atoms with E-state index in [1.807, 2.05) is 35.0 Å². The third-order valence-corrected chi connectivity index (χ3v) is 8.99. The van der Waals surface area contributed by atoms with Gasteiger partial charge in [-0.25, -0.2) is 4.98 Å². The number of hydrogen-bond acceptors (Lipinski definition) is 10. The van der Waals surface area contributed by atoms with Crippen LogP contribution in [0.25, 0.3) is 21.7 Å². The monoisotopic (exact) mass is 634 g/mol. The topological polar surface area (TPSA) is 128 Å².